The Kier molecular flexibility index (Phi) is 12.5. The number of amides is 4. The molecule has 5 atom stereocenters. The van der Waals surface area contributed by atoms with Crippen LogP contribution in [0.3, 0.4) is 0 Å². The largest absolute Gasteiger partial charge is 0.491 e. The average molecular weight is 720 g/mol. The maximum absolute atomic E-state index is 13.7. The molecule has 4 amide bonds. The first-order valence-electron chi connectivity index (χ1n) is 17.2. The highest BCUT2D eigenvalue weighted by Crippen LogP contribution is 2.22. The van der Waals surface area contributed by atoms with Crippen molar-refractivity contribution >= 4 is 60.5 Å². The SMILES string of the molecule is CC[C@@H](CNC(=O)[C@@H](CNC(=O)c1ccc2c(c1)B(O)OC2)CC(=O)c1ccc2c(c1)B(O)OC2)C(=O)N1CCC[C@H]1C(=O)N[C@H](C(=O)O)[C@@H](C)O. The molecule has 5 rings (SSSR count). The zero-order valence-electron chi connectivity index (χ0n) is 28.9. The number of likely N-dealkylation sites (tertiary alicyclic amines) is 1. The number of benzene rings is 2. The molecule has 16 nitrogen and oxygen atoms in total. The van der Waals surface area contributed by atoms with E-state index in [0.717, 1.165) is 11.1 Å². The van der Waals surface area contributed by atoms with Gasteiger partial charge in [-0.25, -0.2) is 4.79 Å². The summed E-state index contributed by atoms with van der Waals surface area (Å²) >= 11 is 0. The van der Waals surface area contributed by atoms with Crippen LogP contribution in [0.4, 0.5) is 0 Å². The zero-order chi connectivity index (χ0) is 37.7. The maximum Gasteiger partial charge on any atom is 0.491 e. The number of ketones is 1. The topological polar surface area (TPSA) is 241 Å². The Bertz CT molecular complexity index is 1720. The van der Waals surface area contributed by atoms with Gasteiger partial charge in [-0.2, -0.15) is 0 Å². The van der Waals surface area contributed by atoms with E-state index in [2.05, 4.69) is 16.0 Å². The molecule has 0 saturated carbocycles. The molecule has 3 aliphatic rings. The molecule has 1 fully saturated rings. The molecule has 0 unspecified atom stereocenters. The molecule has 18 heteroatoms. The van der Waals surface area contributed by atoms with Gasteiger partial charge in [0.2, 0.25) is 17.7 Å². The van der Waals surface area contributed by atoms with Crippen molar-refractivity contribution < 1.29 is 58.3 Å². The molecule has 0 spiro atoms. The Labute approximate surface area is 300 Å². The number of carboxylic acid groups (broad SMARTS) is 1. The van der Waals surface area contributed by atoms with Crippen LogP contribution in [0.1, 0.15) is 71.4 Å². The van der Waals surface area contributed by atoms with Gasteiger partial charge in [0.1, 0.15) is 6.04 Å². The van der Waals surface area contributed by atoms with E-state index >= 15 is 0 Å². The number of carboxylic acids is 1. The second-order valence-corrected chi connectivity index (χ2v) is 13.3. The summed E-state index contributed by atoms with van der Waals surface area (Å²) in [5.41, 5.74) is 2.82. The van der Waals surface area contributed by atoms with Crippen LogP contribution in [0, 0.1) is 11.8 Å². The van der Waals surface area contributed by atoms with Gasteiger partial charge in [-0.3, -0.25) is 24.0 Å². The molecule has 7 N–H and O–H groups in total. The molecule has 52 heavy (non-hydrogen) atoms. The van der Waals surface area contributed by atoms with E-state index in [-0.39, 0.29) is 56.8 Å². The normalized spacial score (nSPS) is 18.6. The summed E-state index contributed by atoms with van der Waals surface area (Å²) in [7, 11) is -2.35. The van der Waals surface area contributed by atoms with Crippen molar-refractivity contribution in [3.8, 4) is 0 Å². The van der Waals surface area contributed by atoms with Gasteiger partial charge in [-0.15, -0.1) is 0 Å². The summed E-state index contributed by atoms with van der Waals surface area (Å²) in [4.78, 5) is 79.8. The first kappa shape index (κ1) is 38.6. The van der Waals surface area contributed by atoms with E-state index in [1.807, 2.05) is 0 Å². The number of aliphatic hydroxyl groups excluding tert-OH is 1. The molecule has 1 saturated heterocycles. The number of fused-ring (bicyclic) bond motifs is 2. The Balaban J connectivity index is 1.27. The smallest absolute Gasteiger partial charge is 0.480 e. The Hall–Kier alpha value is -4.61. The number of hydrogen-bond acceptors (Lipinski definition) is 11. The number of carbonyl (C=O) groups is 6. The van der Waals surface area contributed by atoms with Crippen LogP contribution < -0.4 is 26.9 Å². The number of nitrogens with zero attached hydrogens (tertiary/aromatic N) is 1. The molecular formula is C34H42B2N4O12. The molecule has 3 aliphatic heterocycles. The van der Waals surface area contributed by atoms with Crippen molar-refractivity contribution in [2.24, 2.45) is 11.8 Å². The quantitative estimate of drug-likeness (QED) is 0.0768. The molecule has 0 aliphatic carbocycles. The van der Waals surface area contributed by atoms with Crippen LogP contribution in [0.5, 0.6) is 0 Å². The summed E-state index contributed by atoms with van der Waals surface area (Å²) < 4.78 is 10.4. The van der Waals surface area contributed by atoms with Crippen molar-refractivity contribution in [1.82, 2.24) is 20.9 Å². The minimum Gasteiger partial charge on any atom is -0.480 e. The van der Waals surface area contributed by atoms with Gasteiger partial charge in [0.25, 0.3) is 5.91 Å². The van der Waals surface area contributed by atoms with E-state index < -0.39 is 79.6 Å². The van der Waals surface area contributed by atoms with Crippen molar-refractivity contribution in [2.45, 2.75) is 70.9 Å². The van der Waals surface area contributed by atoms with Gasteiger partial charge >= 0.3 is 20.2 Å². The zero-order valence-corrected chi connectivity index (χ0v) is 28.9. The van der Waals surface area contributed by atoms with Gasteiger partial charge in [-0.05, 0) is 60.4 Å². The Morgan fingerprint density at radius 2 is 1.50 bits per heavy atom. The molecule has 3 heterocycles. The molecule has 2 aromatic rings. The summed E-state index contributed by atoms with van der Waals surface area (Å²) in [6, 6.07) is 6.95. The fourth-order valence-electron chi connectivity index (χ4n) is 6.61. The lowest BCUT2D eigenvalue weighted by atomic mass is 9.78. The van der Waals surface area contributed by atoms with Crippen LogP contribution in [-0.2, 0) is 41.7 Å². The van der Waals surface area contributed by atoms with Gasteiger partial charge in [0.05, 0.1) is 31.2 Å². The highest BCUT2D eigenvalue weighted by molar-refractivity contribution is 6.62. The number of aliphatic hydroxyl groups is 1. The van der Waals surface area contributed by atoms with Crippen LogP contribution in [0.15, 0.2) is 36.4 Å². The summed E-state index contributed by atoms with van der Waals surface area (Å²) in [6.45, 7) is 3.21. The van der Waals surface area contributed by atoms with Crippen molar-refractivity contribution in [3.05, 3.63) is 58.7 Å². The summed E-state index contributed by atoms with van der Waals surface area (Å²) in [5.74, 6) is -5.99. The average Bonchev–Trinajstić information content (AvgIpc) is 3.87. The van der Waals surface area contributed by atoms with Gasteiger partial charge in [0, 0.05) is 37.2 Å². The first-order chi connectivity index (χ1) is 24.8. The number of hydrogen-bond donors (Lipinski definition) is 7. The third-order valence-corrected chi connectivity index (χ3v) is 9.76. The van der Waals surface area contributed by atoms with E-state index in [1.165, 1.54) is 24.0 Å². The highest BCUT2D eigenvalue weighted by Gasteiger charge is 2.39. The summed E-state index contributed by atoms with van der Waals surface area (Å²) in [5, 5.41) is 47.1. The van der Waals surface area contributed by atoms with Gasteiger partial charge in [0.15, 0.2) is 11.8 Å². The third kappa shape index (κ3) is 8.70. The lowest BCUT2D eigenvalue weighted by Crippen LogP contribution is -2.55. The predicted molar refractivity (Wildman–Crippen MR) is 185 cm³/mol. The van der Waals surface area contributed by atoms with Crippen LogP contribution in [-0.4, -0.2) is 113 Å². The predicted octanol–water partition coefficient (Wildman–Crippen LogP) is -2.18. The standard InChI is InChI=1S/C34H42B2N4O12/c1-3-19(33(46)40-10-4-5-27(40)32(45)39-29(18(2)41)34(47)48)14-37-31(44)24(13-28(42)20-6-8-22-16-51-35(49)25(22)11-20)15-38-30(43)21-7-9-23-17-52-36(50)26(23)12-21/h6-9,11-12,18-19,24,27,29,41,49-50H,3-5,10,13-17H2,1-2H3,(H,37,44)(H,38,43)(H,39,45)(H,47,48)/t18-,19+,24-,27+,29+/m1/s1. The van der Waals surface area contributed by atoms with Gasteiger partial charge < -0.3 is 50.4 Å². The number of carbonyl (C=O) groups excluding carboxylic acids is 5. The van der Waals surface area contributed by atoms with E-state index in [9.17, 15) is 49.0 Å². The number of nitrogens with one attached hydrogen (secondary N) is 3. The first-order valence-corrected chi connectivity index (χ1v) is 17.2. The fourth-order valence-corrected chi connectivity index (χ4v) is 6.61. The van der Waals surface area contributed by atoms with Gasteiger partial charge in [-0.1, -0.05) is 31.2 Å². The number of Topliss-reactive ketones (excluding diaryl/α,β-unsaturated/α-hetero) is 1. The van der Waals surface area contributed by atoms with Crippen LogP contribution in [0.25, 0.3) is 0 Å². The monoisotopic (exact) mass is 720 g/mol. The number of aliphatic carboxylic acids is 1. The third-order valence-electron chi connectivity index (χ3n) is 9.76. The highest BCUT2D eigenvalue weighted by atomic mass is 16.5. The lowest BCUT2D eigenvalue weighted by molar-refractivity contribution is -0.147. The second kappa shape index (κ2) is 16.8. The van der Waals surface area contributed by atoms with E-state index in [0.29, 0.717) is 23.8 Å². The minimum absolute atomic E-state index is 0.145. The molecule has 0 radical (unpaired) electrons. The maximum atomic E-state index is 13.7. The van der Waals surface area contributed by atoms with Crippen molar-refractivity contribution in [3.63, 3.8) is 0 Å². The molecule has 0 aromatic heterocycles. The Morgan fingerprint density at radius 3 is 2.10 bits per heavy atom. The molecule has 0 bridgehead atoms. The molecule has 276 valence electrons. The van der Waals surface area contributed by atoms with E-state index in [4.69, 9.17) is 9.31 Å². The lowest BCUT2D eigenvalue weighted by Gasteiger charge is -2.29. The Morgan fingerprint density at radius 1 is 0.904 bits per heavy atom. The van der Waals surface area contributed by atoms with E-state index in [1.54, 1.807) is 31.2 Å². The van der Waals surface area contributed by atoms with Crippen molar-refractivity contribution in [2.75, 3.05) is 19.6 Å². The number of rotatable bonds is 15. The second-order valence-electron chi connectivity index (χ2n) is 13.3. The fraction of sp³-hybridized carbons (Fsp3) is 0.471. The van der Waals surface area contributed by atoms with Crippen molar-refractivity contribution in [1.29, 1.82) is 0 Å². The molecular weight excluding hydrogens is 678 g/mol. The minimum atomic E-state index is -1.55. The van der Waals surface area contributed by atoms with Crippen LogP contribution in [0.2, 0.25) is 0 Å². The molecule has 2 aromatic carbocycles. The van der Waals surface area contributed by atoms with Crippen LogP contribution >= 0.6 is 0 Å². The summed E-state index contributed by atoms with van der Waals surface area (Å²) in [6.07, 6.45) is -0.632.